The maximum absolute atomic E-state index is 3.64. The fourth-order valence-corrected chi connectivity index (χ4v) is 0.394. The van der Waals surface area contributed by atoms with Gasteiger partial charge in [0.05, 0.1) is 0 Å². The van der Waals surface area contributed by atoms with Gasteiger partial charge in [0.1, 0.15) is 0 Å². The molecule has 32 valence electrons. The van der Waals surface area contributed by atoms with E-state index < -0.39 is 0 Å². The first-order valence-electron chi connectivity index (χ1n) is 1.57. The summed E-state index contributed by atoms with van der Waals surface area (Å²) < 4.78 is 1.99. The molecule has 0 saturated heterocycles. The molecule has 0 unspecified atom stereocenters. The quantitative estimate of drug-likeness (QED) is 0.643. The second kappa shape index (κ2) is 3.24. The van der Waals surface area contributed by atoms with Crippen molar-refractivity contribution in [2.24, 2.45) is 0 Å². The molecule has 0 aliphatic rings. The van der Waals surface area contributed by atoms with Crippen LogP contribution < -0.4 is 0 Å². The summed E-state index contributed by atoms with van der Waals surface area (Å²) in [5, 5.41) is 0. The number of hydrogen-bond acceptors (Lipinski definition) is 0. The van der Waals surface area contributed by atoms with Crippen molar-refractivity contribution in [2.75, 3.05) is 0 Å². The van der Waals surface area contributed by atoms with Gasteiger partial charge in [0.25, 0.3) is 0 Å². The van der Waals surface area contributed by atoms with Gasteiger partial charge in [0.2, 0.25) is 0 Å². The zero-order valence-corrected chi connectivity index (χ0v) is 6.41. The Bertz CT molecular complexity index is 71.9. The van der Waals surface area contributed by atoms with Gasteiger partial charge < -0.3 is 0 Å². The third-order valence-electron chi connectivity index (χ3n) is 0.414. The molecule has 0 aromatic heterocycles. The molecule has 0 heterocycles. The SMILES string of the molecule is C=CC(=C)[CH]=[W]. The van der Waals surface area contributed by atoms with E-state index in [1.54, 1.807) is 6.08 Å². The van der Waals surface area contributed by atoms with Crippen LogP contribution in [0.15, 0.2) is 24.8 Å². The van der Waals surface area contributed by atoms with Gasteiger partial charge in [0.15, 0.2) is 0 Å². The standard InChI is InChI=1S/C5H6.W/c1-4-5(2)3;/h2,4H,1,3H2;. The second-order valence-corrected chi connectivity index (χ2v) is 1.74. The molecule has 0 aliphatic carbocycles. The normalized spacial score (nSPS) is 6.67. The summed E-state index contributed by atoms with van der Waals surface area (Å²) in [4.78, 5) is 0. The van der Waals surface area contributed by atoms with E-state index in [-0.39, 0.29) is 0 Å². The summed E-state index contributed by atoms with van der Waals surface area (Å²) >= 11 is 1.43. The Morgan fingerprint density at radius 2 is 2.17 bits per heavy atom. The predicted octanol–water partition coefficient (Wildman–Crippen LogP) is 1.08. The summed E-state index contributed by atoms with van der Waals surface area (Å²) in [6.07, 6.45) is 1.74. The van der Waals surface area contributed by atoms with Crippen molar-refractivity contribution in [3.05, 3.63) is 24.8 Å². The molecule has 0 rings (SSSR count). The Hall–Kier alpha value is 0.0383. The molecule has 0 aromatic rings. The van der Waals surface area contributed by atoms with Crippen molar-refractivity contribution in [1.82, 2.24) is 0 Å². The summed E-state index contributed by atoms with van der Waals surface area (Å²) in [7, 11) is 0. The first-order chi connectivity index (χ1) is 2.81. The van der Waals surface area contributed by atoms with Crippen LogP contribution in [0.3, 0.4) is 0 Å². The molecule has 1 heteroatoms. The van der Waals surface area contributed by atoms with Gasteiger partial charge in [-0.1, -0.05) is 0 Å². The molecule has 0 amide bonds. The third kappa shape index (κ3) is 2.29. The Morgan fingerprint density at radius 1 is 1.67 bits per heavy atom. The van der Waals surface area contributed by atoms with Gasteiger partial charge in [-0.25, -0.2) is 0 Å². The predicted molar refractivity (Wildman–Crippen MR) is 25.4 cm³/mol. The molecule has 0 aliphatic heterocycles. The number of rotatable bonds is 2. The van der Waals surface area contributed by atoms with Crippen LogP contribution in [0.4, 0.5) is 0 Å². The molecule has 0 N–H and O–H groups in total. The van der Waals surface area contributed by atoms with Crippen molar-refractivity contribution < 1.29 is 19.4 Å². The summed E-state index contributed by atoms with van der Waals surface area (Å²) in [6, 6.07) is 0. The minimum absolute atomic E-state index is 1.02. The van der Waals surface area contributed by atoms with Crippen molar-refractivity contribution in [3.63, 3.8) is 0 Å². The Balaban J connectivity index is 3.52. The van der Waals surface area contributed by atoms with Crippen molar-refractivity contribution >= 4 is 4.40 Å². The van der Waals surface area contributed by atoms with E-state index >= 15 is 0 Å². The van der Waals surface area contributed by atoms with Crippen LogP contribution in [0.1, 0.15) is 0 Å². The van der Waals surface area contributed by atoms with E-state index in [9.17, 15) is 0 Å². The van der Waals surface area contributed by atoms with Gasteiger partial charge in [0, 0.05) is 0 Å². The zero-order chi connectivity index (χ0) is 4.99. The van der Waals surface area contributed by atoms with Gasteiger partial charge in [-0.05, 0) is 0 Å². The molecule has 0 aromatic carbocycles. The van der Waals surface area contributed by atoms with Crippen molar-refractivity contribution in [2.45, 2.75) is 0 Å². The molecule has 0 atom stereocenters. The van der Waals surface area contributed by atoms with E-state index in [1.165, 1.54) is 19.4 Å². The Labute approximate surface area is 49.0 Å². The molecule has 0 spiro atoms. The van der Waals surface area contributed by atoms with Crippen LogP contribution >= 0.6 is 0 Å². The van der Waals surface area contributed by atoms with Gasteiger partial charge in [-0.3, -0.25) is 0 Å². The second-order valence-electron chi connectivity index (χ2n) is 0.897. The van der Waals surface area contributed by atoms with Gasteiger partial charge in [-0.15, -0.1) is 0 Å². The molecule has 0 bridgehead atoms. The van der Waals surface area contributed by atoms with Crippen LogP contribution in [0, 0.1) is 0 Å². The maximum atomic E-state index is 3.64. The zero-order valence-electron chi connectivity index (χ0n) is 3.48. The average molecular weight is 250 g/mol. The van der Waals surface area contributed by atoms with E-state index in [0.717, 1.165) is 5.57 Å². The van der Waals surface area contributed by atoms with Gasteiger partial charge in [-0.2, -0.15) is 0 Å². The molecule has 0 fully saturated rings. The first-order valence-corrected chi connectivity index (χ1v) is 3.27. The van der Waals surface area contributed by atoms with Crippen LogP contribution in [0.5, 0.6) is 0 Å². The van der Waals surface area contributed by atoms with Crippen LogP contribution in [-0.2, 0) is 19.4 Å². The van der Waals surface area contributed by atoms with Gasteiger partial charge >= 0.3 is 48.6 Å². The molecular weight excluding hydrogens is 244 g/mol. The van der Waals surface area contributed by atoms with E-state index in [2.05, 4.69) is 13.2 Å². The first kappa shape index (κ1) is 6.04. The van der Waals surface area contributed by atoms with Crippen molar-refractivity contribution in [3.8, 4) is 0 Å². The van der Waals surface area contributed by atoms with Crippen LogP contribution in [0.2, 0.25) is 0 Å². The van der Waals surface area contributed by atoms with E-state index in [0.29, 0.717) is 0 Å². The van der Waals surface area contributed by atoms with E-state index in [1.807, 2.05) is 4.40 Å². The summed E-state index contributed by atoms with van der Waals surface area (Å²) in [5.74, 6) is 0. The van der Waals surface area contributed by atoms with Crippen LogP contribution in [-0.4, -0.2) is 4.40 Å². The molecule has 0 saturated carbocycles. The summed E-state index contributed by atoms with van der Waals surface area (Å²) in [5.41, 5.74) is 1.02. The van der Waals surface area contributed by atoms with E-state index in [4.69, 9.17) is 0 Å². The van der Waals surface area contributed by atoms with Crippen LogP contribution in [0.25, 0.3) is 0 Å². The fourth-order valence-electron chi connectivity index (χ4n) is 0.0481. The molecular formula is C5H6W. The fraction of sp³-hybridized carbons (Fsp3) is 0. The number of allylic oxidation sites excluding steroid dienone is 2. The summed E-state index contributed by atoms with van der Waals surface area (Å²) in [6.45, 7) is 7.15. The third-order valence-corrected chi connectivity index (χ3v) is 1.50. The monoisotopic (exact) mass is 250 g/mol. The topological polar surface area (TPSA) is 0 Å². The van der Waals surface area contributed by atoms with Crippen molar-refractivity contribution in [1.29, 1.82) is 0 Å². The Morgan fingerprint density at radius 3 is 2.17 bits per heavy atom. The molecule has 0 nitrogen and oxygen atoms in total. The Kier molecular flexibility index (Phi) is 3.26. The number of hydrogen-bond donors (Lipinski definition) is 0. The molecule has 6 heavy (non-hydrogen) atoms. The minimum atomic E-state index is 1.02. The average Bonchev–Trinajstić information content (AvgIpc) is 1.65. The molecule has 0 radical (unpaired) electrons.